The van der Waals surface area contributed by atoms with E-state index >= 15 is 0 Å². The first-order valence-electron chi connectivity index (χ1n) is 6.26. The van der Waals surface area contributed by atoms with Gasteiger partial charge in [-0.1, -0.05) is 0 Å². The fraction of sp³-hybridized carbons (Fsp3) is 0.308. The molecule has 2 aromatic heterocycles. The number of carbonyl (C=O) groups excluding carboxylic acids is 1. The van der Waals surface area contributed by atoms with Gasteiger partial charge in [0.2, 0.25) is 0 Å². The van der Waals surface area contributed by atoms with E-state index in [1.807, 2.05) is 12.3 Å². The number of carbonyl (C=O) groups is 1. The molecule has 20 heavy (non-hydrogen) atoms. The smallest absolute Gasteiger partial charge is 0.255 e. The zero-order valence-corrected chi connectivity index (χ0v) is 11.8. The number of rotatable bonds is 6. The Morgan fingerprint density at radius 1 is 1.45 bits per heavy atom. The molecule has 2 heterocycles. The number of anilines is 1. The summed E-state index contributed by atoms with van der Waals surface area (Å²) in [6.45, 7) is 2.95. The van der Waals surface area contributed by atoms with E-state index in [-0.39, 0.29) is 11.5 Å². The Hall–Kier alpha value is -2.02. The van der Waals surface area contributed by atoms with Crippen LogP contribution in [0.15, 0.2) is 23.8 Å². The summed E-state index contributed by atoms with van der Waals surface area (Å²) in [5.74, 6) is -0.484. The van der Waals surface area contributed by atoms with Gasteiger partial charge in [-0.25, -0.2) is 14.4 Å². The molecule has 0 spiro atoms. The summed E-state index contributed by atoms with van der Waals surface area (Å²) >= 11 is 1.54. The third kappa shape index (κ3) is 3.74. The van der Waals surface area contributed by atoms with E-state index in [1.165, 1.54) is 17.4 Å². The lowest BCUT2D eigenvalue weighted by molar-refractivity contribution is 0.0954. The molecule has 0 saturated heterocycles. The second kappa shape index (κ2) is 6.95. The number of nitrogens with one attached hydrogen (secondary N) is 2. The maximum atomic E-state index is 13.2. The van der Waals surface area contributed by atoms with E-state index in [1.54, 1.807) is 6.20 Å². The second-order valence-corrected chi connectivity index (χ2v) is 4.99. The lowest BCUT2D eigenvalue weighted by Crippen LogP contribution is -2.27. The van der Waals surface area contributed by atoms with Crippen LogP contribution in [0.4, 0.5) is 10.2 Å². The topological polar surface area (TPSA) is 66.9 Å². The Kier molecular flexibility index (Phi) is 5.00. The number of pyridine rings is 1. The average Bonchev–Trinajstić information content (AvgIpc) is 2.94. The van der Waals surface area contributed by atoms with Gasteiger partial charge in [-0.05, 0) is 13.0 Å². The number of hydrogen-bond acceptors (Lipinski definition) is 5. The van der Waals surface area contributed by atoms with Crippen molar-refractivity contribution in [3.05, 3.63) is 40.2 Å². The maximum Gasteiger partial charge on any atom is 0.255 e. The number of thiazole rings is 1. The Morgan fingerprint density at radius 2 is 2.30 bits per heavy atom. The van der Waals surface area contributed by atoms with Gasteiger partial charge in [0.1, 0.15) is 11.6 Å². The van der Waals surface area contributed by atoms with Crippen molar-refractivity contribution in [1.82, 2.24) is 15.3 Å². The van der Waals surface area contributed by atoms with Crippen LogP contribution in [0.25, 0.3) is 0 Å². The van der Waals surface area contributed by atoms with Crippen LogP contribution in [0, 0.1) is 5.82 Å². The third-order valence-electron chi connectivity index (χ3n) is 2.55. The molecular formula is C13H15FN4OS. The first-order chi connectivity index (χ1) is 9.70. The molecule has 5 nitrogen and oxygen atoms in total. The molecule has 106 valence electrons. The van der Waals surface area contributed by atoms with Crippen molar-refractivity contribution in [1.29, 1.82) is 0 Å². The van der Waals surface area contributed by atoms with Crippen LogP contribution in [0.3, 0.4) is 0 Å². The van der Waals surface area contributed by atoms with Gasteiger partial charge in [0.05, 0.1) is 16.8 Å². The van der Waals surface area contributed by atoms with Crippen molar-refractivity contribution in [2.24, 2.45) is 0 Å². The highest BCUT2D eigenvalue weighted by molar-refractivity contribution is 7.09. The van der Waals surface area contributed by atoms with Crippen molar-refractivity contribution in [3.8, 4) is 0 Å². The largest absolute Gasteiger partial charge is 0.370 e. The van der Waals surface area contributed by atoms with Crippen LogP contribution in [-0.4, -0.2) is 29.0 Å². The van der Waals surface area contributed by atoms with E-state index in [9.17, 15) is 9.18 Å². The lowest BCUT2D eigenvalue weighted by Gasteiger charge is -2.09. The van der Waals surface area contributed by atoms with Crippen LogP contribution in [0.2, 0.25) is 0 Å². The summed E-state index contributed by atoms with van der Waals surface area (Å²) in [6.07, 6.45) is 3.47. The predicted octanol–water partition coefficient (Wildman–Crippen LogP) is 2.08. The molecule has 7 heteroatoms. The first-order valence-corrected chi connectivity index (χ1v) is 7.14. The molecule has 0 bridgehead atoms. The van der Waals surface area contributed by atoms with Crippen molar-refractivity contribution in [3.63, 3.8) is 0 Å². The van der Waals surface area contributed by atoms with Gasteiger partial charge in [-0.15, -0.1) is 11.3 Å². The normalized spacial score (nSPS) is 10.3. The molecule has 0 radical (unpaired) electrons. The summed E-state index contributed by atoms with van der Waals surface area (Å²) < 4.78 is 13.2. The molecule has 2 rings (SSSR count). The number of hydrogen-bond donors (Lipinski definition) is 2. The molecule has 0 aliphatic carbocycles. The summed E-state index contributed by atoms with van der Waals surface area (Å²) in [5, 5.41) is 8.52. The van der Waals surface area contributed by atoms with Gasteiger partial charge in [-0.3, -0.25) is 4.79 Å². The van der Waals surface area contributed by atoms with Crippen LogP contribution >= 0.6 is 11.3 Å². The summed E-state index contributed by atoms with van der Waals surface area (Å²) in [5.41, 5.74) is 0.214. The molecule has 0 aliphatic rings. The molecule has 1 amide bonds. The quantitative estimate of drug-likeness (QED) is 0.856. The van der Waals surface area contributed by atoms with Crippen molar-refractivity contribution < 1.29 is 9.18 Å². The number of amides is 1. The van der Waals surface area contributed by atoms with E-state index in [4.69, 9.17) is 0 Å². The summed E-state index contributed by atoms with van der Waals surface area (Å²) in [6, 6.07) is 1.18. The van der Waals surface area contributed by atoms with E-state index in [0.717, 1.165) is 11.2 Å². The van der Waals surface area contributed by atoms with E-state index in [2.05, 4.69) is 20.6 Å². The van der Waals surface area contributed by atoms with Crippen LogP contribution in [0.1, 0.15) is 22.3 Å². The van der Waals surface area contributed by atoms with Crippen molar-refractivity contribution >= 4 is 23.1 Å². The fourth-order valence-electron chi connectivity index (χ4n) is 1.68. The number of aromatic nitrogens is 2. The Morgan fingerprint density at radius 3 is 3.00 bits per heavy atom. The maximum absolute atomic E-state index is 13.2. The SMILES string of the molecule is CCNc1ncc(F)cc1C(=O)NCCc1nccs1. The predicted molar refractivity (Wildman–Crippen MR) is 76.5 cm³/mol. The second-order valence-electron chi connectivity index (χ2n) is 4.01. The molecule has 0 atom stereocenters. The van der Waals surface area contributed by atoms with Gasteiger partial charge < -0.3 is 10.6 Å². The zero-order chi connectivity index (χ0) is 14.4. The minimum absolute atomic E-state index is 0.214. The Bertz CT molecular complexity index is 574. The van der Waals surface area contributed by atoms with Gasteiger partial charge >= 0.3 is 0 Å². The highest BCUT2D eigenvalue weighted by Gasteiger charge is 2.13. The van der Waals surface area contributed by atoms with Crippen molar-refractivity contribution in [2.45, 2.75) is 13.3 Å². The fourth-order valence-corrected chi connectivity index (χ4v) is 2.30. The highest BCUT2D eigenvalue weighted by Crippen LogP contribution is 2.13. The highest BCUT2D eigenvalue weighted by atomic mass is 32.1. The summed E-state index contributed by atoms with van der Waals surface area (Å²) in [4.78, 5) is 20.1. The third-order valence-corrected chi connectivity index (χ3v) is 3.39. The Labute approximate surface area is 120 Å². The van der Waals surface area contributed by atoms with Crippen molar-refractivity contribution in [2.75, 3.05) is 18.4 Å². The standard InChI is InChI=1S/C13H15FN4OS/c1-2-15-12-10(7-9(14)8-18-12)13(19)17-4-3-11-16-5-6-20-11/h5-8H,2-4H2,1H3,(H,15,18)(H,17,19). The molecule has 2 aromatic rings. The number of nitrogens with zero attached hydrogens (tertiary/aromatic N) is 2. The van der Waals surface area contributed by atoms with E-state index < -0.39 is 5.82 Å². The van der Waals surface area contributed by atoms with E-state index in [0.29, 0.717) is 25.3 Å². The zero-order valence-electron chi connectivity index (χ0n) is 11.0. The van der Waals surface area contributed by atoms with Gasteiger partial charge in [0, 0.05) is 31.1 Å². The molecule has 0 aliphatic heterocycles. The Balaban J connectivity index is 1.99. The molecule has 0 saturated carbocycles. The first kappa shape index (κ1) is 14.4. The molecule has 2 N–H and O–H groups in total. The van der Waals surface area contributed by atoms with Crippen LogP contribution in [-0.2, 0) is 6.42 Å². The monoisotopic (exact) mass is 294 g/mol. The van der Waals surface area contributed by atoms with Gasteiger partial charge in [0.25, 0.3) is 5.91 Å². The number of halogens is 1. The van der Waals surface area contributed by atoms with Gasteiger partial charge in [-0.2, -0.15) is 0 Å². The minimum atomic E-state index is -0.531. The minimum Gasteiger partial charge on any atom is -0.370 e. The lowest BCUT2D eigenvalue weighted by atomic mass is 10.2. The van der Waals surface area contributed by atoms with Gasteiger partial charge in [0.15, 0.2) is 0 Å². The molecule has 0 unspecified atom stereocenters. The van der Waals surface area contributed by atoms with Crippen LogP contribution in [0.5, 0.6) is 0 Å². The van der Waals surface area contributed by atoms with Crippen LogP contribution < -0.4 is 10.6 Å². The molecular weight excluding hydrogens is 279 g/mol. The molecule has 0 aromatic carbocycles. The summed E-state index contributed by atoms with van der Waals surface area (Å²) in [7, 11) is 0. The molecule has 0 fully saturated rings. The average molecular weight is 294 g/mol.